The average Bonchev–Trinajstić information content (AvgIpc) is 1.85. The first-order valence-electron chi connectivity index (χ1n) is 3.59. The van der Waals surface area contributed by atoms with Gasteiger partial charge in [-0.15, -0.1) is 0 Å². The molecule has 1 aromatic rings. The molecule has 0 fully saturated rings. The monoisotopic (exact) mass is 154 g/mol. The molecule has 0 spiro atoms. The Morgan fingerprint density at radius 1 is 1.27 bits per heavy atom. The van der Waals surface area contributed by atoms with E-state index in [4.69, 9.17) is 5.11 Å². The largest absolute Gasteiger partial charge is 0.508 e. The van der Waals surface area contributed by atoms with Gasteiger partial charge >= 0.3 is 0 Å². The van der Waals surface area contributed by atoms with Gasteiger partial charge in [0.05, 0.1) is 0 Å². The predicted octanol–water partition coefficient (Wildman–Crippen LogP) is 2.65. The summed E-state index contributed by atoms with van der Waals surface area (Å²) in [7, 11) is 0. The molecule has 0 radical (unpaired) electrons. The van der Waals surface area contributed by atoms with Crippen LogP contribution in [0.15, 0.2) is 18.2 Å². The highest BCUT2D eigenvalue weighted by Gasteiger charge is 2.02. The fraction of sp³-hybridized carbons (Fsp3) is 0.333. The van der Waals surface area contributed by atoms with Crippen LogP contribution in [0.4, 0.5) is 4.39 Å². The lowest BCUT2D eigenvalue weighted by molar-refractivity contribution is 0.467. The molecule has 0 unspecified atom stereocenters. The summed E-state index contributed by atoms with van der Waals surface area (Å²) < 4.78 is 12.6. The lowest BCUT2D eigenvalue weighted by atomic mass is 10.0. The zero-order valence-electron chi connectivity index (χ0n) is 6.63. The fourth-order valence-electron chi connectivity index (χ4n) is 0.930. The minimum absolute atomic E-state index is 0.00583. The minimum atomic E-state index is -0.381. The van der Waals surface area contributed by atoms with Crippen LogP contribution in [0.25, 0.3) is 0 Å². The smallest absolute Gasteiger partial charge is 0.127 e. The number of halogens is 1. The van der Waals surface area contributed by atoms with Crippen LogP contribution in [0.1, 0.15) is 25.3 Å². The van der Waals surface area contributed by atoms with Crippen LogP contribution in [0.3, 0.4) is 0 Å². The maximum absolute atomic E-state index is 12.6. The lowest BCUT2D eigenvalue weighted by Gasteiger charge is -2.04. The van der Waals surface area contributed by atoms with Gasteiger partial charge in [0, 0.05) is 6.07 Å². The highest BCUT2D eigenvalue weighted by atomic mass is 19.1. The maximum atomic E-state index is 12.6. The lowest BCUT2D eigenvalue weighted by Crippen LogP contribution is -1.87. The molecule has 0 amide bonds. The first kappa shape index (κ1) is 8.05. The van der Waals surface area contributed by atoms with Crippen molar-refractivity contribution < 1.29 is 9.50 Å². The van der Waals surface area contributed by atoms with E-state index < -0.39 is 0 Å². The van der Waals surface area contributed by atoms with Crippen LogP contribution in [0.2, 0.25) is 0 Å². The van der Waals surface area contributed by atoms with Crippen molar-refractivity contribution in [2.75, 3.05) is 0 Å². The molecule has 1 rings (SSSR count). The zero-order valence-corrected chi connectivity index (χ0v) is 6.63. The van der Waals surface area contributed by atoms with Crippen molar-refractivity contribution in [1.29, 1.82) is 0 Å². The van der Waals surface area contributed by atoms with Gasteiger partial charge in [-0.25, -0.2) is 4.39 Å². The van der Waals surface area contributed by atoms with Crippen molar-refractivity contribution in [3.63, 3.8) is 0 Å². The highest BCUT2D eigenvalue weighted by Crippen LogP contribution is 2.20. The van der Waals surface area contributed by atoms with E-state index in [2.05, 4.69) is 0 Å². The summed E-state index contributed by atoms with van der Waals surface area (Å²) in [6.45, 7) is 3.91. The van der Waals surface area contributed by atoms with Crippen LogP contribution in [-0.4, -0.2) is 5.11 Å². The number of hydrogen-bond donors (Lipinski definition) is 1. The van der Waals surface area contributed by atoms with E-state index in [0.29, 0.717) is 0 Å². The maximum Gasteiger partial charge on any atom is 0.127 e. The van der Waals surface area contributed by atoms with E-state index in [1.165, 1.54) is 6.07 Å². The summed E-state index contributed by atoms with van der Waals surface area (Å²) in [6.07, 6.45) is 0. The van der Waals surface area contributed by atoms with Gasteiger partial charge in [-0.05, 0) is 23.6 Å². The molecule has 0 bridgehead atoms. The van der Waals surface area contributed by atoms with Gasteiger partial charge < -0.3 is 5.11 Å². The summed E-state index contributed by atoms with van der Waals surface area (Å²) in [5.74, 6) is -0.140. The van der Waals surface area contributed by atoms with Crippen molar-refractivity contribution in [3.8, 4) is 5.75 Å². The topological polar surface area (TPSA) is 20.2 Å². The second-order valence-corrected chi connectivity index (χ2v) is 2.90. The van der Waals surface area contributed by atoms with E-state index >= 15 is 0 Å². The first-order chi connectivity index (χ1) is 5.09. The van der Waals surface area contributed by atoms with Crippen LogP contribution in [0.5, 0.6) is 5.75 Å². The van der Waals surface area contributed by atoms with Crippen LogP contribution in [0, 0.1) is 5.82 Å². The molecule has 1 N–H and O–H groups in total. The quantitative estimate of drug-likeness (QED) is 0.659. The SMILES string of the molecule is CC(C)c1cc(O)cc(F)c1. The zero-order chi connectivity index (χ0) is 8.43. The Kier molecular flexibility index (Phi) is 2.13. The molecule has 1 nitrogen and oxygen atoms in total. The molecule has 0 aliphatic heterocycles. The predicted molar refractivity (Wildman–Crippen MR) is 42.2 cm³/mol. The standard InChI is InChI=1S/C9H11FO/c1-6(2)7-3-8(10)5-9(11)4-7/h3-6,11H,1-2H3. The molecule has 0 aromatic heterocycles. The molecular weight excluding hydrogens is 143 g/mol. The Morgan fingerprint density at radius 2 is 1.91 bits per heavy atom. The molecule has 0 atom stereocenters. The second kappa shape index (κ2) is 2.91. The van der Waals surface area contributed by atoms with E-state index in [9.17, 15) is 4.39 Å². The molecule has 60 valence electrons. The van der Waals surface area contributed by atoms with E-state index in [-0.39, 0.29) is 17.5 Å². The number of phenols is 1. The van der Waals surface area contributed by atoms with E-state index in [0.717, 1.165) is 11.6 Å². The molecule has 0 heterocycles. The van der Waals surface area contributed by atoms with Gasteiger partial charge in [0.1, 0.15) is 11.6 Å². The van der Waals surface area contributed by atoms with Gasteiger partial charge in [-0.3, -0.25) is 0 Å². The van der Waals surface area contributed by atoms with E-state index in [1.807, 2.05) is 13.8 Å². The molecule has 1 aromatic carbocycles. The average molecular weight is 154 g/mol. The van der Waals surface area contributed by atoms with Gasteiger partial charge in [-0.2, -0.15) is 0 Å². The molecule has 0 aliphatic rings. The Balaban J connectivity index is 3.08. The van der Waals surface area contributed by atoms with Crippen molar-refractivity contribution in [1.82, 2.24) is 0 Å². The third kappa shape index (κ3) is 1.93. The number of hydrogen-bond acceptors (Lipinski definition) is 1. The van der Waals surface area contributed by atoms with Crippen molar-refractivity contribution in [2.24, 2.45) is 0 Å². The van der Waals surface area contributed by atoms with Crippen molar-refractivity contribution in [2.45, 2.75) is 19.8 Å². The molecular formula is C9H11FO. The number of benzene rings is 1. The Hall–Kier alpha value is -1.05. The van der Waals surface area contributed by atoms with Gasteiger partial charge in [0.25, 0.3) is 0 Å². The fourth-order valence-corrected chi connectivity index (χ4v) is 0.930. The molecule has 11 heavy (non-hydrogen) atoms. The Labute approximate surface area is 65.5 Å². The third-order valence-corrected chi connectivity index (χ3v) is 1.57. The Morgan fingerprint density at radius 3 is 2.36 bits per heavy atom. The van der Waals surface area contributed by atoms with Crippen LogP contribution < -0.4 is 0 Å². The van der Waals surface area contributed by atoms with Crippen LogP contribution in [-0.2, 0) is 0 Å². The third-order valence-electron chi connectivity index (χ3n) is 1.57. The van der Waals surface area contributed by atoms with Gasteiger partial charge in [-0.1, -0.05) is 13.8 Å². The number of rotatable bonds is 1. The minimum Gasteiger partial charge on any atom is -0.508 e. The van der Waals surface area contributed by atoms with Crippen molar-refractivity contribution >= 4 is 0 Å². The van der Waals surface area contributed by atoms with E-state index in [1.54, 1.807) is 6.07 Å². The summed E-state index contributed by atoms with van der Waals surface area (Å²) in [5, 5.41) is 9.00. The second-order valence-electron chi connectivity index (χ2n) is 2.90. The molecule has 0 saturated heterocycles. The first-order valence-corrected chi connectivity index (χ1v) is 3.59. The highest BCUT2D eigenvalue weighted by molar-refractivity contribution is 5.29. The summed E-state index contributed by atoms with van der Waals surface area (Å²) >= 11 is 0. The van der Waals surface area contributed by atoms with Crippen molar-refractivity contribution in [3.05, 3.63) is 29.6 Å². The normalized spacial score (nSPS) is 10.5. The molecule has 2 heteroatoms. The summed E-state index contributed by atoms with van der Waals surface area (Å²) in [4.78, 5) is 0. The Bertz CT molecular complexity index is 235. The van der Waals surface area contributed by atoms with Gasteiger partial charge in [0.15, 0.2) is 0 Å². The summed E-state index contributed by atoms with van der Waals surface area (Å²) in [6, 6.07) is 4.12. The van der Waals surface area contributed by atoms with Crippen LogP contribution >= 0.6 is 0 Å². The molecule has 0 aliphatic carbocycles. The number of aromatic hydroxyl groups is 1. The molecule has 0 saturated carbocycles. The summed E-state index contributed by atoms with van der Waals surface area (Å²) in [5.41, 5.74) is 0.822. The van der Waals surface area contributed by atoms with Gasteiger partial charge in [0.2, 0.25) is 0 Å². The number of phenolic OH excluding ortho intramolecular Hbond substituents is 1.